The highest BCUT2D eigenvalue weighted by atomic mass is 19.3. The molecule has 2 aromatic carbocycles. The third kappa shape index (κ3) is 6.00. The van der Waals surface area contributed by atoms with E-state index in [9.17, 15) is 22.8 Å². The van der Waals surface area contributed by atoms with Crippen LogP contribution in [0.5, 0.6) is 0 Å². The number of halogens is 3. The Balaban J connectivity index is 1.65. The van der Waals surface area contributed by atoms with E-state index in [0.29, 0.717) is 23.4 Å². The molecule has 1 saturated heterocycles. The van der Waals surface area contributed by atoms with Gasteiger partial charge in [0, 0.05) is 19.0 Å². The van der Waals surface area contributed by atoms with Crippen molar-refractivity contribution in [1.82, 2.24) is 10.6 Å². The summed E-state index contributed by atoms with van der Waals surface area (Å²) in [6, 6.07) is 11.5. The third-order valence-electron chi connectivity index (χ3n) is 4.65. The molecule has 0 aliphatic carbocycles. The average Bonchev–Trinajstić information content (AvgIpc) is 3.11. The maximum absolute atomic E-state index is 14.8. The summed E-state index contributed by atoms with van der Waals surface area (Å²) in [5, 5.41) is 5.35. The first-order chi connectivity index (χ1) is 14.8. The van der Waals surface area contributed by atoms with Gasteiger partial charge in [-0.3, -0.25) is 9.69 Å². The highest BCUT2D eigenvalue weighted by Gasteiger charge is 2.32. The van der Waals surface area contributed by atoms with Crippen LogP contribution in [0.25, 0.3) is 11.1 Å². The summed E-state index contributed by atoms with van der Waals surface area (Å²) in [5.41, 5.74) is 2.22. The Hall–Kier alpha value is -3.49. The second-order valence-corrected chi connectivity index (χ2v) is 6.99. The summed E-state index contributed by atoms with van der Waals surface area (Å²) in [6.07, 6.45) is -1.66. The van der Waals surface area contributed by atoms with Crippen LogP contribution >= 0.6 is 0 Å². The summed E-state index contributed by atoms with van der Waals surface area (Å²) >= 11 is 0. The zero-order valence-corrected chi connectivity index (χ0v) is 16.8. The molecule has 3 rings (SSSR count). The quantitative estimate of drug-likeness (QED) is 0.664. The number of ether oxygens (including phenoxy) is 1. The Kier molecular flexibility index (Phi) is 7.17. The number of nitrogens with one attached hydrogen (secondary N) is 2. The summed E-state index contributed by atoms with van der Waals surface area (Å²) in [5.74, 6) is -0.724. The molecule has 0 spiro atoms. The number of anilines is 1. The molecule has 1 fully saturated rings. The normalized spacial score (nSPS) is 16.1. The zero-order chi connectivity index (χ0) is 22.4. The molecule has 0 saturated carbocycles. The van der Waals surface area contributed by atoms with Gasteiger partial charge in [-0.15, -0.1) is 0 Å². The first kappa shape index (κ1) is 22.2. The van der Waals surface area contributed by atoms with Crippen molar-refractivity contribution >= 4 is 17.7 Å². The van der Waals surface area contributed by atoms with E-state index in [2.05, 4.69) is 10.6 Å². The second kappa shape index (κ2) is 10.0. The number of cyclic esters (lactones) is 1. The van der Waals surface area contributed by atoms with Crippen molar-refractivity contribution in [3.8, 4) is 11.1 Å². The van der Waals surface area contributed by atoms with E-state index in [1.807, 2.05) is 0 Å². The molecule has 1 aliphatic heterocycles. The lowest BCUT2D eigenvalue weighted by atomic mass is 10.0. The smallest absolute Gasteiger partial charge is 0.414 e. The fourth-order valence-electron chi connectivity index (χ4n) is 3.12. The van der Waals surface area contributed by atoms with Crippen LogP contribution in [0.2, 0.25) is 0 Å². The van der Waals surface area contributed by atoms with Gasteiger partial charge in [-0.2, -0.15) is 0 Å². The van der Waals surface area contributed by atoms with Gasteiger partial charge >= 0.3 is 6.09 Å². The lowest BCUT2D eigenvalue weighted by molar-refractivity contribution is -0.119. The number of hydrogen-bond acceptors (Lipinski definition) is 4. The maximum Gasteiger partial charge on any atom is 0.414 e. The molecule has 1 aliphatic rings. The van der Waals surface area contributed by atoms with Gasteiger partial charge in [0.05, 0.1) is 18.8 Å². The fourth-order valence-corrected chi connectivity index (χ4v) is 3.12. The number of amides is 2. The predicted octanol–water partition coefficient (Wildman–Crippen LogP) is 3.82. The van der Waals surface area contributed by atoms with Crippen molar-refractivity contribution in [1.29, 1.82) is 0 Å². The average molecular weight is 433 g/mol. The van der Waals surface area contributed by atoms with Gasteiger partial charge < -0.3 is 15.4 Å². The van der Waals surface area contributed by atoms with Gasteiger partial charge in [0.2, 0.25) is 5.91 Å². The first-order valence-corrected chi connectivity index (χ1v) is 9.63. The zero-order valence-electron chi connectivity index (χ0n) is 16.8. The van der Waals surface area contributed by atoms with Crippen molar-refractivity contribution in [3.63, 3.8) is 0 Å². The molecule has 2 N–H and O–H groups in total. The lowest BCUT2D eigenvalue weighted by Crippen LogP contribution is -2.33. The summed E-state index contributed by atoms with van der Waals surface area (Å²) < 4.78 is 44.1. The van der Waals surface area contributed by atoms with Crippen molar-refractivity contribution in [2.24, 2.45) is 0 Å². The van der Waals surface area contributed by atoms with Crippen LogP contribution in [0.4, 0.5) is 23.7 Å². The Morgan fingerprint density at radius 3 is 2.65 bits per heavy atom. The fraction of sp³-hybridized carbons (Fsp3) is 0.273. The number of benzene rings is 2. The molecular formula is C22H22F3N3O3. The molecular weight excluding hydrogens is 411 g/mol. The number of carbonyl (C=O) groups excluding carboxylic acids is 2. The van der Waals surface area contributed by atoms with Crippen LogP contribution in [-0.4, -0.2) is 37.6 Å². The Morgan fingerprint density at radius 1 is 1.26 bits per heavy atom. The van der Waals surface area contributed by atoms with Crippen LogP contribution in [0, 0.1) is 5.82 Å². The van der Waals surface area contributed by atoms with E-state index in [4.69, 9.17) is 4.74 Å². The first-order valence-electron chi connectivity index (χ1n) is 9.63. The highest BCUT2D eigenvalue weighted by Crippen LogP contribution is 2.29. The van der Waals surface area contributed by atoms with E-state index in [-0.39, 0.29) is 19.0 Å². The van der Waals surface area contributed by atoms with Gasteiger partial charge in [0.15, 0.2) is 0 Å². The minimum Gasteiger partial charge on any atom is -0.442 e. The monoisotopic (exact) mass is 433 g/mol. The van der Waals surface area contributed by atoms with E-state index in [1.165, 1.54) is 24.1 Å². The number of allylic oxidation sites excluding steroid dienone is 1. The minimum absolute atomic E-state index is 0.192. The molecule has 9 heteroatoms. The van der Waals surface area contributed by atoms with Gasteiger partial charge in [-0.25, -0.2) is 18.0 Å². The number of alkyl halides is 2. The Morgan fingerprint density at radius 2 is 2.00 bits per heavy atom. The molecule has 31 heavy (non-hydrogen) atoms. The second-order valence-electron chi connectivity index (χ2n) is 6.99. The van der Waals surface area contributed by atoms with E-state index in [1.54, 1.807) is 36.4 Å². The van der Waals surface area contributed by atoms with Crippen LogP contribution < -0.4 is 15.5 Å². The number of nitrogens with zero attached hydrogens (tertiary/aromatic N) is 1. The standard InChI is InChI=1S/C22H22F3N3O3/c1-14(29)27-12-18-13-28(22(30)31-18)17-6-7-19(20(23)10-17)16-4-2-15(3-5-16)11-26-9-8-21(24)25/h2-10,18,21,26H,11-13H2,1H3,(H,27,29)/b9-8+/t18-/m0/s1. The van der Waals surface area contributed by atoms with E-state index in [0.717, 1.165) is 11.6 Å². The lowest BCUT2D eigenvalue weighted by Gasteiger charge is -2.14. The summed E-state index contributed by atoms with van der Waals surface area (Å²) in [4.78, 5) is 24.4. The topological polar surface area (TPSA) is 70.7 Å². The van der Waals surface area contributed by atoms with E-state index >= 15 is 0 Å². The molecule has 0 bridgehead atoms. The predicted molar refractivity (Wildman–Crippen MR) is 110 cm³/mol. The van der Waals surface area contributed by atoms with Crippen molar-refractivity contribution in [3.05, 3.63) is 66.1 Å². The molecule has 0 unspecified atom stereocenters. The Labute approximate surface area is 177 Å². The number of rotatable bonds is 8. The maximum atomic E-state index is 14.8. The van der Waals surface area contributed by atoms with Gasteiger partial charge in [0.25, 0.3) is 6.43 Å². The molecule has 2 aromatic rings. The number of hydrogen-bond donors (Lipinski definition) is 2. The molecule has 1 heterocycles. The van der Waals surface area contributed by atoms with Crippen LogP contribution in [-0.2, 0) is 16.1 Å². The largest absolute Gasteiger partial charge is 0.442 e. The molecule has 1 atom stereocenters. The van der Waals surface area contributed by atoms with Crippen LogP contribution in [0.3, 0.4) is 0 Å². The van der Waals surface area contributed by atoms with Crippen molar-refractivity contribution < 1.29 is 27.5 Å². The molecule has 6 nitrogen and oxygen atoms in total. The Bertz CT molecular complexity index is 964. The highest BCUT2D eigenvalue weighted by molar-refractivity contribution is 5.90. The van der Waals surface area contributed by atoms with Crippen LogP contribution in [0.1, 0.15) is 12.5 Å². The van der Waals surface area contributed by atoms with Gasteiger partial charge in [-0.1, -0.05) is 24.3 Å². The molecule has 164 valence electrons. The summed E-state index contributed by atoms with van der Waals surface area (Å²) in [6.45, 7) is 2.13. The van der Waals surface area contributed by atoms with Crippen molar-refractivity contribution in [2.75, 3.05) is 18.0 Å². The molecule has 2 amide bonds. The third-order valence-corrected chi connectivity index (χ3v) is 4.65. The van der Waals surface area contributed by atoms with Gasteiger partial charge in [-0.05, 0) is 41.6 Å². The number of carbonyl (C=O) groups is 2. The van der Waals surface area contributed by atoms with Gasteiger partial charge in [0.1, 0.15) is 11.9 Å². The van der Waals surface area contributed by atoms with Crippen LogP contribution in [0.15, 0.2) is 54.7 Å². The summed E-state index contributed by atoms with van der Waals surface area (Å²) in [7, 11) is 0. The minimum atomic E-state index is -2.51. The SMILES string of the molecule is CC(=O)NC[C@H]1CN(c2ccc(-c3ccc(CN/C=C/C(F)F)cc3)c(F)c2)C(=O)O1. The molecule has 0 aromatic heterocycles. The van der Waals surface area contributed by atoms with Crippen molar-refractivity contribution in [2.45, 2.75) is 26.0 Å². The van der Waals surface area contributed by atoms with E-state index < -0.39 is 24.4 Å². The molecule has 0 radical (unpaired) electrons.